The highest BCUT2D eigenvalue weighted by atomic mass is 19.4. The average molecular weight is 342 g/mol. The summed E-state index contributed by atoms with van der Waals surface area (Å²) in [6.07, 6.45) is -2.39. The van der Waals surface area contributed by atoms with Gasteiger partial charge in [0.15, 0.2) is 0 Å². The quantitative estimate of drug-likeness (QED) is 0.863. The van der Waals surface area contributed by atoms with Crippen LogP contribution in [0.3, 0.4) is 0 Å². The van der Waals surface area contributed by atoms with E-state index in [1.54, 1.807) is 6.07 Å². The van der Waals surface area contributed by atoms with Gasteiger partial charge in [-0.2, -0.15) is 13.2 Å². The maximum absolute atomic E-state index is 12.9. The zero-order valence-corrected chi connectivity index (χ0v) is 13.5. The predicted molar refractivity (Wildman–Crippen MR) is 83.0 cm³/mol. The van der Waals surface area contributed by atoms with Crippen LogP contribution in [0.15, 0.2) is 24.3 Å². The minimum absolute atomic E-state index is 0.0814. The lowest BCUT2D eigenvalue weighted by molar-refractivity contribution is -0.137. The molecule has 2 rings (SSSR count). The normalized spacial score (nSPS) is 19.5. The fourth-order valence-corrected chi connectivity index (χ4v) is 2.79. The van der Waals surface area contributed by atoms with Gasteiger partial charge in [-0.15, -0.1) is 0 Å². The zero-order chi connectivity index (χ0) is 17.7. The first-order chi connectivity index (χ1) is 11.3. The molecule has 1 aromatic carbocycles. The van der Waals surface area contributed by atoms with Crippen LogP contribution < -0.4 is 10.6 Å². The Labute approximate surface area is 138 Å². The highest BCUT2D eigenvalue weighted by Gasteiger charge is 2.31. The molecule has 24 heavy (non-hydrogen) atoms. The summed E-state index contributed by atoms with van der Waals surface area (Å²) in [4.78, 5) is 23.5. The molecule has 1 aromatic rings. The van der Waals surface area contributed by atoms with Crippen molar-refractivity contribution in [2.24, 2.45) is 5.92 Å². The molecule has 0 bridgehead atoms. The van der Waals surface area contributed by atoms with Crippen LogP contribution in [-0.4, -0.2) is 18.4 Å². The highest BCUT2D eigenvalue weighted by Crippen LogP contribution is 2.31. The van der Waals surface area contributed by atoms with Crippen LogP contribution in [0.25, 0.3) is 0 Å². The molecule has 2 atom stereocenters. The van der Waals surface area contributed by atoms with E-state index in [1.807, 2.05) is 6.92 Å². The van der Waals surface area contributed by atoms with Crippen LogP contribution in [0, 0.1) is 5.92 Å². The third-order valence-electron chi connectivity index (χ3n) is 4.15. The molecule has 2 amide bonds. The Morgan fingerprint density at radius 3 is 2.75 bits per heavy atom. The van der Waals surface area contributed by atoms with Gasteiger partial charge < -0.3 is 10.6 Å². The first-order valence-corrected chi connectivity index (χ1v) is 8.05. The average Bonchev–Trinajstić information content (AvgIpc) is 2.54. The first-order valence-electron chi connectivity index (χ1n) is 8.05. The van der Waals surface area contributed by atoms with Gasteiger partial charge in [-0.1, -0.05) is 25.5 Å². The number of carbonyl (C=O) groups is 2. The fourth-order valence-electron chi connectivity index (χ4n) is 2.79. The van der Waals surface area contributed by atoms with Gasteiger partial charge in [-0.3, -0.25) is 9.59 Å². The zero-order valence-electron chi connectivity index (χ0n) is 13.5. The van der Waals surface area contributed by atoms with E-state index < -0.39 is 17.8 Å². The molecule has 1 aliphatic heterocycles. The lowest BCUT2D eigenvalue weighted by atomic mass is 9.95. The molecule has 2 unspecified atom stereocenters. The molecule has 1 aliphatic rings. The molecular formula is C17H21F3N2O2. The summed E-state index contributed by atoms with van der Waals surface area (Å²) in [6.45, 7) is 2.18. The number of hydrogen-bond donors (Lipinski definition) is 2. The minimum Gasteiger partial charge on any atom is -0.355 e. The number of carbonyl (C=O) groups excluding carboxylic acids is 2. The van der Waals surface area contributed by atoms with Crippen LogP contribution in [0.5, 0.6) is 0 Å². The summed E-state index contributed by atoms with van der Waals surface area (Å²) >= 11 is 0. The maximum Gasteiger partial charge on any atom is 0.416 e. The maximum atomic E-state index is 12.9. The Balaban J connectivity index is 2.11. The number of hydrogen-bond acceptors (Lipinski definition) is 2. The molecule has 132 valence electrons. The van der Waals surface area contributed by atoms with Crippen LogP contribution in [-0.2, 0) is 15.8 Å². The van der Waals surface area contributed by atoms with E-state index in [9.17, 15) is 22.8 Å². The van der Waals surface area contributed by atoms with Crippen molar-refractivity contribution in [3.8, 4) is 0 Å². The molecule has 1 fully saturated rings. The molecule has 0 spiro atoms. The van der Waals surface area contributed by atoms with Crippen molar-refractivity contribution in [1.29, 1.82) is 0 Å². The lowest BCUT2D eigenvalue weighted by Crippen LogP contribution is -2.43. The second-order valence-corrected chi connectivity index (χ2v) is 6.01. The van der Waals surface area contributed by atoms with E-state index in [0.29, 0.717) is 24.8 Å². The summed E-state index contributed by atoms with van der Waals surface area (Å²) in [5.41, 5.74) is -0.278. The summed E-state index contributed by atoms with van der Waals surface area (Å²) in [5, 5.41) is 5.48. The molecule has 4 nitrogen and oxygen atoms in total. The van der Waals surface area contributed by atoms with Crippen molar-refractivity contribution >= 4 is 11.8 Å². The van der Waals surface area contributed by atoms with Crippen LogP contribution >= 0.6 is 0 Å². The van der Waals surface area contributed by atoms with Gasteiger partial charge >= 0.3 is 6.18 Å². The fraction of sp³-hybridized carbons (Fsp3) is 0.529. The Hall–Kier alpha value is -2.05. The van der Waals surface area contributed by atoms with Crippen molar-refractivity contribution in [2.75, 3.05) is 6.54 Å². The molecule has 0 radical (unpaired) electrons. The highest BCUT2D eigenvalue weighted by molar-refractivity contribution is 5.83. The number of piperidine rings is 1. The topological polar surface area (TPSA) is 58.2 Å². The molecule has 7 heteroatoms. The van der Waals surface area contributed by atoms with Crippen LogP contribution in [0.1, 0.15) is 49.8 Å². The second-order valence-electron chi connectivity index (χ2n) is 6.01. The number of halogens is 3. The summed E-state index contributed by atoms with van der Waals surface area (Å²) in [6, 6.07) is 4.59. The molecule has 1 saturated heterocycles. The van der Waals surface area contributed by atoms with E-state index in [2.05, 4.69) is 10.6 Å². The Morgan fingerprint density at radius 1 is 1.42 bits per heavy atom. The number of nitrogens with one attached hydrogen (secondary N) is 2. The number of benzene rings is 1. The minimum atomic E-state index is -4.41. The molecule has 0 aliphatic carbocycles. The smallest absolute Gasteiger partial charge is 0.355 e. The van der Waals surface area contributed by atoms with E-state index >= 15 is 0 Å². The molecule has 0 saturated carbocycles. The summed E-state index contributed by atoms with van der Waals surface area (Å²) < 4.78 is 38.6. The van der Waals surface area contributed by atoms with Crippen molar-refractivity contribution in [1.82, 2.24) is 10.6 Å². The van der Waals surface area contributed by atoms with E-state index in [-0.39, 0.29) is 24.3 Å². The van der Waals surface area contributed by atoms with Gasteiger partial charge in [0, 0.05) is 13.0 Å². The molecule has 1 heterocycles. The van der Waals surface area contributed by atoms with E-state index in [1.165, 1.54) is 6.07 Å². The lowest BCUT2D eigenvalue weighted by Gasteiger charge is -2.26. The summed E-state index contributed by atoms with van der Waals surface area (Å²) in [7, 11) is 0. The predicted octanol–water partition coefficient (Wildman–Crippen LogP) is 3.19. The standard InChI is InChI=1S/C17H21F3N2O2/c1-2-4-14(11-5-3-6-13(9-11)17(18,19)20)22-16(24)12-7-8-15(23)21-10-12/h3,5-6,9,12,14H,2,4,7-8,10H2,1H3,(H,21,23)(H,22,24). The second kappa shape index (κ2) is 7.68. The van der Waals surface area contributed by atoms with Crippen molar-refractivity contribution in [3.05, 3.63) is 35.4 Å². The van der Waals surface area contributed by atoms with Crippen molar-refractivity contribution < 1.29 is 22.8 Å². The SMILES string of the molecule is CCCC(NC(=O)C1CCC(=O)NC1)c1cccc(C(F)(F)F)c1. The monoisotopic (exact) mass is 342 g/mol. The molecular weight excluding hydrogens is 321 g/mol. The van der Waals surface area contributed by atoms with Crippen molar-refractivity contribution in [2.45, 2.75) is 44.8 Å². The molecule has 0 aromatic heterocycles. The van der Waals surface area contributed by atoms with E-state index in [4.69, 9.17) is 0 Å². The third-order valence-corrected chi connectivity index (χ3v) is 4.15. The van der Waals surface area contributed by atoms with Gasteiger partial charge in [0.05, 0.1) is 17.5 Å². The Kier molecular flexibility index (Phi) is 5.85. The van der Waals surface area contributed by atoms with Crippen LogP contribution in [0.2, 0.25) is 0 Å². The number of amides is 2. The number of alkyl halides is 3. The first kappa shape index (κ1) is 18.3. The van der Waals surface area contributed by atoms with Gasteiger partial charge in [-0.25, -0.2) is 0 Å². The Bertz CT molecular complexity index is 592. The van der Waals surface area contributed by atoms with Gasteiger partial charge in [0.25, 0.3) is 0 Å². The Morgan fingerprint density at radius 2 is 2.17 bits per heavy atom. The largest absolute Gasteiger partial charge is 0.416 e. The number of rotatable bonds is 5. The van der Waals surface area contributed by atoms with Crippen LogP contribution in [0.4, 0.5) is 13.2 Å². The van der Waals surface area contributed by atoms with Crippen molar-refractivity contribution in [3.63, 3.8) is 0 Å². The third kappa shape index (κ3) is 4.72. The summed E-state index contributed by atoms with van der Waals surface area (Å²) in [5.74, 6) is -0.652. The van der Waals surface area contributed by atoms with Gasteiger partial charge in [0.2, 0.25) is 11.8 Å². The molecule has 2 N–H and O–H groups in total. The van der Waals surface area contributed by atoms with E-state index in [0.717, 1.165) is 18.6 Å². The van der Waals surface area contributed by atoms with Gasteiger partial charge in [0.1, 0.15) is 0 Å². The van der Waals surface area contributed by atoms with Gasteiger partial charge in [-0.05, 0) is 30.5 Å².